The molecule has 0 atom stereocenters. The molecule has 2 aliphatic rings. The number of aliphatic hydroxyl groups excluding tert-OH is 1. The fourth-order valence-electron chi connectivity index (χ4n) is 3.59. The third kappa shape index (κ3) is 5.96. The van der Waals surface area contributed by atoms with Gasteiger partial charge in [0.2, 0.25) is 0 Å². The first-order valence-electron chi connectivity index (χ1n) is 8.63. The zero-order valence-electron chi connectivity index (χ0n) is 13.5. The Balaban J connectivity index is 0.000000775. The molecular weight excluding hydrogens is 288 g/mol. The molecule has 1 heterocycles. The summed E-state index contributed by atoms with van der Waals surface area (Å²) >= 11 is 0. The molecule has 1 saturated heterocycles. The predicted octanol–water partition coefficient (Wildman–Crippen LogP) is 5.22. The van der Waals surface area contributed by atoms with Crippen LogP contribution in [0.15, 0.2) is 29.2 Å². The van der Waals surface area contributed by atoms with Gasteiger partial charge in [-0.25, -0.2) is 0 Å². The molecule has 0 spiro atoms. The summed E-state index contributed by atoms with van der Waals surface area (Å²) in [5.41, 5.74) is 1.57. The molecule has 22 heavy (non-hydrogen) atoms. The van der Waals surface area contributed by atoms with Gasteiger partial charge in [-0.3, -0.25) is 0 Å². The maximum Gasteiger partial charge on any atom is 0.154 e. The Hall–Kier alpha value is -0.470. The molecule has 3 rings (SSSR count). The molecule has 1 aliphatic heterocycles. The van der Waals surface area contributed by atoms with Crippen molar-refractivity contribution in [1.82, 2.24) is 0 Å². The van der Waals surface area contributed by atoms with Gasteiger partial charge in [-0.2, -0.15) is 0 Å². The highest BCUT2D eigenvalue weighted by Crippen LogP contribution is 2.28. The van der Waals surface area contributed by atoms with Crippen molar-refractivity contribution in [2.24, 2.45) is 5.92 Å². The predicted molar refractivity (Wildman–Crippen MR) is 101 cm³/mol. The van der Waals surface area contributed by atoms with Gasteiger partial charge in [0.15, 0.2) is 4.90 Å². The van der Waals surface area contributed by atoms with E-state index in [0.717, 1.165) is 13.0 Å². The van der Waals surface area contributed by atoms with Crippen LogP contribution in [-0.2, 0) is 17.3 Å². The van der Waals surface area contributed by atoms with Crippen molar-refractivity contribution in [3.05, 3.63) is 29.8 Å². The third-order valence-corrected chi connectivity index (χ3v) is 7.36. The van der Waals surface area contributed by atoms with E-state index in [2.05, 4.69) is 24.3 Å². The van der Waals surface area contributed by atoms with E-state index in [1.54, 1.807) is 10.5 Å². The van der Waals surface area contributed by atoms with Gasteiger partial charge in [0.25, 0.3) is 0 Å². The Morgan fingerprint density at radius 1 is 0.909 bits per heavy atom. The summed E-state index contributed by atoms with van der Waals surface area (Å²) in [6.45, 7) is 0. The number of hydrogen-bond donors (Lipinski definition) is 1. The molecule has 0 bridgehead atoms. The molecule has 0 amide bonds. The molecule has 2 heteroatoms. The smallest absolute Gasteiger partial charge is 0.154 e. The van der Waals surface area contributed by atoms with Crippen LogP contribution >= 0.6 is 0 Å². The summed E-state index contributed by atoms with van der Waals surface area (Å²) in [6.07, 6.45) is 13.0. The highest BCUT2D eigenvalue weighted by atomic mass is 32.2. The summed E-state index contributed by atoms with van der Waals surface area (Å²) < 4.78 is 0. The van der Waals surface area contributed by atoms with Gasteiger partial charge in [0.05, 0.1) is 0 Å². The van der Waals surface area contributed by atoms with E-state index in [1.807, 2.05) is 0 Å². The van der Waals surface area contributed by atoms with E-state index in [9.17, 15) is 0 Å². The van der Waals surface area contributed by atoms with E-state index in [0.29, 0.717) is 10.9 Å². The van der Waals surface area contributed by atoms with Crippen LogP contribution < -0.4 is 0 Å². The minimum atomic E-state index is 0. The second-order valence-electron chi connectivity index (χ2n) is 6.29. The summed E-state index contributed by atoms with van der Waals surface area (Å²) in [5.74, 6) is 3.91. The standard InChI is InChI=1S/C18H27S.CH4O.CH4/c1-2-6-16(7-3-1)8-9-17-10-12-18(13-11-17)19-14-4-5-15-19;1-2;/h10-13,16H,1-9,14-15H2;2H,1H3;1H4/q+1;;. The van der Waals surface area contributed by atoms with Gasteiger partial charge in [0.1, 0.15) is 11.5 Å². The molecule has 0 radical (unpaired) electrons. The van der Waals surface area contributed by atoms with Crippen molar-refractivity contribution >= 4 is 10.9 Å². The molecule has 1 aliphatic carbocycles. The summed E-state index contributed by atoms with van der Waals surface area (Å²) in [7, 11) is 1.59. The SMILES string of the molecule is C.CO.c1cc([S+]2CCCC2)ccc1CCC1CCCCC1. The Kier molecular flexibility index (Phi) is 9.90. The van der Waals surface area contributed by atoms with Crippen LogP contribution in [0.5, 0.6) is 0 Å². The van der Waals surface area contributed by atoms with Crippen LogP contribution in [0, 0.1) is 5.92 Å². The van der Waals surface area contributed by atoms with Gasteiger partial charge in [-0.05, 0) is 49.3 Å². The first kappa shape index (κ1) is 19.6. The van der Waals surface area contributed by atoms with Crippen LogP contribution in [0.1, 0.15) is 64.4 Å². The largest absolute Gasteiger partial charge is 0.400 e. The van der Waals surface area contributed by atoms with Crippen LogP contribution in [0.4, 0.5) is 0 Å². The Labute approximate surface area is 140 Å². The first-order chi connectivity index (χ1) is 10.4. The molecule has 1 saturated carbocycles. The van der Waals surface area contributed by atoms with Gasteiger partial charge >= 0.3 is 0 Å². The van der Waals surface area contributed by atoms with Crippen LogP contribution in [0.3, 0.4) is 0 Å². The van der Waals surface area contributed by atoms with Gasteiger partial charge in [0, 0.05) is 18.0 Å². The number of aryl methyl sites for hydroxylation is 1. The fourth-order valence-corrected chi connectivity index (χ4v) is 5.89. The highest BCUT2D eigenvalue weighted by Gasteiger charge is 2.26. The van der Waals surface area contributed by atoms with Crippen molar-refractivity contribution < 1.29 is 5.11 Å². The molecule has 1 nitrogen and oxygen atoms in total. The Morgan fingerprint density at radius 3 is 2.09 bits per heavy atom. The summed E-state index contributed by atoms with van der Waals surface area (Å²) in [6, 6.07) is 9.65. The minimum absolute atomic E-state index is 0. The lowest BCUT2D eigenvalue weighted by atomic mass is 9.85. The lowest BCUT2D eigenvalue weighted by Gasteiger charge is -2.21. The minimum Gasteiger partial charge on any atom is -0.400 e. The van der Waals surface area contributed by atoms with Crippen molar-refractivity contribution in [2.75, 3.05) is 18.6 Å². The summed E-state index contributed by atoms with van der Waals surface area (Å²) in [5, 5.41) is 7.00. The van der Waals surface area contributed by atoms with Gasteiger partial charge in [-0.1, -0.05) is 51.7 Å². The molecular formula is C20H35OS+. The molecule has 1 aromatic carbocycles. The van der Waals surface area contributed by atoms with Crippen LogP contribution in [0.25, 0.3) is 0 Å². The molecule has 1 aromatic rings. The zero-order chi connectivity index (χ0) is 14.9. The van der Waals surface area contributed by atoms with Gasteiger partial charge in [-0.15, -0.1) is 0 Å². The van der Waals surface area contributed by atoms with E-state index in [1.165, 1.54) is 69.3 Å². The maximum atomic E-state index is 7.00. The van der Waals surface area contributed by atoms with E-state index >= 15 is 0 Å². The first-order valence-corrected chi connectivity index (χ1v) is 10.2. The highest BCUT2D eigenvalue weighted by molar-refractivity contribution is 7.97. The van der Waals surface area contributed by atoms with E-state index < -0.39 is 0 Å². The molecule has 0 aromatic heterocycles. The average molecular weight is 324 g/mol. The average Bonchev–Trinajstić information content (AvgIpc) is 3.11. The quantitative estimate of drug-likeness (QED) is 0.754. The van der Waals surface area contributed by atoms with Crippen molar-refractivity contribution in [2.45, 2.75) is 70.1 Å². The van der Waals surface area contributed by atoms with Crippen molar-refractivity contribution in [3.63, 3.8) is 0 Å². The second kappa shape index (κ2) is 11.1. The van der Waals surface area contributed by atoms with Crippen LogP contribution in [-0.4, -0.2) is 23.7 Å². The summed E-state index contributed by atoms with van der Waals surface area (Å²) in [4.78, 5) is 1.62. The topological polar surface area (TPSA) is 20.2 Å². The third-order valence-electron chi connectivity index (χ3n) is 4.85. The second-order valence-corrected chi connectivity index (χ2v) is 8.57. The molecule has 1 N–H and O–H groups in total. The fraction of sp³-hybridized carbons (Fsp3) is 0.700. The van der Waals surface area contributed by atoms with Gasteiger partial charge < -0.3 is 5.11 Å². The molecule has 126 valence electrons. The maximum absolute atomic E-state index is 7.00. The van der Waals surface area contributed by atoms with Crippen molar-refractivity contribution in [1.29, 1.82) is 0 Å². The zero-order valence-corrected chi connectivity index (χ0v) is 14.3. The van der Waals surface area contributed by atoms with E-state index in [-0.39, 0.29) is 7.43 Å². The number of benzene rings is 1. The number of hydrogen-bond acceptors (Lipinski definition) is 1. The Bertz CT molecular complexity index is 375. The lowest BCUT2D eigenvalue weighted by molar-refractivity contribution is 0.339. The monoisotopic (exact) mass is 323 g/mol. The van der Waals surface area contributed by atoms with Crippen molar-refractivity contribution in [3.8, 4) is 0 Å². The molecule has 2 fully saturated rings. The molecule has 0 unspecified atom stereocenters. The van der Waals surface area contributed by atoms with Crippen LogP contribution in [0.2, 0.25) is 0 Å². The Morgan fingerprint density at radius 2 is 1.50 bits per heavy atom. The number of aliphatic hydroxyl groups is 1. The number of rotatable bonds is 4. The normalized spacial score (nSPS) is 19.2. The van der Waals surface area contributed by atoms with E-state index in [4.69, 9.17) is 5.11 Å². The lowest BCUT2D eigenvalue weighted by Crippen LogP contribution is -2.07.